The molecule has 0 heterocycles. The number of benzene rings is 1. The fourth-order valence-electron chi connectivity index (χ4n) is 1.11. The van der Waals surface area contributed by atoms with Gasteiger partial charge in [0, 0.05) is 13.3 Å². The highest BCUT2D eigenvalue weighted by molar-refractivity contribution is 5.99. The van der Waals surface area contributed by atoms with Crippen molar-refractivity contribution in [2.24, 2.45) is 0 Å². The van der Waals surface area contributed by atoms with Gasteiger partial charge in [-0.2, -0.15) is 0 Å². The number of para-hydroxylation sites is 1. The molecule has 17 heavy (non-hydrogen) atoms. The van der Waals surface area contributed by atoms with Crippen LogP contribution in [0.5, 0.6) is 5.75 Å². The van der Waals surface area contributed by atoms with E-state index in [1.54, 1.807) is 19.1 Å². The summed E-state index contributed by atoms with van der Waals surface area (Å²) in [6.45, 7) is 2.80. The van der Waals surface area contributed by atoms with Gasteiger partial charge in [0.15, 0.2) is 0 Å². The van der Waals surface area contributed by atoms with Gasteiger partial charge in [-0.25, -0.2) is 4.79 Å². The molecule has 0 saturated carbocycles. The Morgan fingerprint density at radius 1 is 1.18 bits per heavy atom. The van der Waals surface area contributed by atoms with E-state index in [0.29, 0.717) is 0 Å². The van der Waals surface area contributed by atoms with E-state index >= 15 is 0 Å². The van der Waals surface area contributed by atoms with Crippen molar-refractivity contribution in [3.63, 3.8) is 0 Å². The van der Waals surface area contributed by atoms with Crippen molar-refractivity contribution in [3.8, 4) is 5.75 Å². The minimum absolute atomic E-state index is 0.0458. The van der Waals surface area contributed by atoms with E-state index in [-0.39, 0.29) is 17.7 Å². The first kappa shape index (κ1) is 12.9. The molecule has 90 valence electrons. The predicted molar refractivity (Wildman–Crippen MR) is 58.5 cm³/mol. The Morgan fingerprint density at radius 2 is 1.82 bits per heavy atom. The molecule has 0 N–H and O–H groups in total. The van der Waals surface area contributed by atoms with Gasteiger partial charge in [-0.3, -0.25) is 9.59 Å². The maximum atomic E-state index is 11.6. The lowest BCUT2D eigenvalue weighted by molar-refractivity contribution is -0.137. The van der Waals surface area contributed by atoms with Crippen LogP contribution >= 0.6 is 0 Å². The molecule has 0 fully saturated rings. The summed E-state index contributed by atoms with van der Waals surface area (Å²) < 4.78 is 9.37. The molecule has 0 aromatic heterocycles. The average Bonchev–Trinajstić information content (AvgIpc) is 2.28. The normalized spacial score (nSPS) is 9.53. The first-order valence-corrected chi connectivity index (χ1v) is 5.07. The Labute approximate surface area is 98.3 Å². The Balaban J connectivity index is 2.92. The van der Waals surface area contributed by atoms with Crippen LogP contribution in [0.15, 0.2) is 24.3 Å². The van der Waals surface area contributed by atoms with Crippen molar-refractivity contribution in [1.29, 1.82) is 0 Å². The standard InChI is InChI=1S/C12H12O5/c1-3-11(14)17-12(15)9-6-4-5-7-10(9)16-8(2)13/h4-7H,3H2,1-2H3. The first-order valence-electron chi connectivity index (χ1n) is 5.07. The van der Waals surface area contributed by atoms with Crippen LogP contribution in [0, 0.1) is 0 Å². The molecule has 0 aliphatic carbocycles. The molecule has 0 amide bonds. The molecular weight excluding hydrogens is 224 g/mol. The molecule has 0 unspecified atom stereocenters. The second kappa shape index (κ2) is 5.79. The van der Waals surface area contributed by atoms with Gasteiger partial charge in [-0.15, -0.1) is 0 Å². The number of ether oxygens (including phenoxy) is 2. The smallest absolute Gasteiger partial charge is 0.349 e. The SMILES string of the molecule is CCC(=O)OC(=O)c1ccccc1OC(C)=O. The topological polar surface area (TPSA) is 69.7 Å². The van der Waals surface area contributed by atoms with Gasteiger partial charge in [0.25, 0.3) is 0 Å². The van der Waals surface area contributed by atoms with E-state index in [4.69, 9.17) is 4.74 Å². The first-order chi connectivity index (χ1) is 8.04. The number of carbonyl (C=O) groups is 3. The van der Waals surface area contributed by atoms with Crippen LogP contribution in [0.1, 0.15) is 30.6 Å². The molecule has 0 aliphatic heterocycles. The summed E-state index contributed by atoms with van der Waals surface area (Å²) in [4.78, 5) is 33.4. The van der Waals surface area contributed by atoms with Gasteiger partial charge in [0.2, 0.25) is 0 Å². The highest BCUT2D eigenvalue weighted by Crippen LogP contribution is 2.19. The van der Waals surface area contributed by atoms with E-state index in [2.05, 4.69) is 4.74 Å². The highest BCUT2D eigenvalue weighted by atomic mass is 16.6. The zero-order valence-electron chi connectivity index (χ0n) is 9.56. The van der Waals surface area contributed by atoms with E-state index < -0.39 is 17.9 Å². The second-order valence-electron chi connectivity index (χ2n) is 3.20. The van der Waals surface area contributed by atoms with Crippen LogP contribution in [-0.2, 0) is 14.3 Å². The second-order valence-corrected chi connectivity index (χ2v) is 3.20. The van der Waals surface area contributed by atoms with Crippen LogP contribution in [0.3, 0.4) is 0 Å². The summed E-state index contributed by atoms with van der Waals surface area (Å²) in [5, 5.41) is 0. The Bertz CT molecular complexity index is 450. The molecule has 1 aromatic rings. The summed E-state index contributed by atoms with van der Waals surface area (Å²) in [6.07, 6.45) is 0.0987. The minimum atomic E-state index is -0.825. The Kier molecular flexibility index (Phi) is 4.39. The lowest BCUT2D eigenvalue weighted by Gasteiger charge is -2.07. The van der Waals surface area contributed by atoms with Gasteiger partial charge < -0.3 is 9.47 Å². The van der Waals surface area contributed by atoms with Crippen LogP contribution in [0.2, 0.25) is 0 Å². The van der Waals surface area contributed by atoms with Crippen LogP contribution in [-0.4, -0.2) is 17.9 Å². The molecule has 1 aromatic carbocycles. The van der Waals surface area contributed by atoms with Crippen molar-refractivity contribution in [3.05, 3.63) is 29.8 Å². The van der Waals surface area contributed by atoms with E-state index in [0.717, 1.165) is 0 Å². The van der Waals surface area contributed by atoms with E-state index in [1.165, 1.54) is 19.1 Å². The quantitative estimate of drug-likeness (QED) is 0.454. The average molecular weight is 236 g/mol. The summed E-state index contributed by atoms with van der Waals surface area (Å²) in [7, 11) is 0. The Hall–Kier alpha value is -2.17. The largest absolute Gasteiger partial charge is 0.426 e. The highest BCUT2D eigenvalue weighted by Gasteiger charge is 2.17. The fraction of sp³-hybridized carbons (Fsp3) is 0.250. The number of hydrogen-bond donors (Lipinski definition) is 0. The fourth-order valence-corrected chi connectivity index (χ4v) is 1.11. The zero-order chi connectivity index (χ0) is 12.8. The van der Waals surface area contributed by atoms with E-state index in [1.807, 2.05) is 0 Å². The molecule has 0 radical (unpaired) electrons. The molecule has 0 saturated heterocycles. The minimum Gasteiger partial charge on any atom is -0.426 e. The molecule has 0 bridgehead atoms. The van der Waals surface area contributed by atoms with Crippen LogP contribution in [0.4, 0.5) is 0 Å². The van der Waals surface area contributed by atoms with Crippen molar-refractivity contribution < 1.29 is 23.9 Å². The van der Waals surface area contributed by atoms with Gasteiger partial charge in [0.05, 0.1) is 0 Å². The molecule has 1 rings (SSSR count). The summed E-state index contributed by atoms with van der Waals surface area (Å²) >= 11 is 0. The molecule has 0 atom stereocenters. The lowest BCUT2D eigenvalue weighted by atomic mass is 10.2. The third kappa shape index (κ3) is 3.71. The number of rotatable bonds is 3. The summed E-state index contributed by atoms with van der Waals surface area (Å²) in [6, 6.07) is 6.06. The maximum Gasteiger partial charge on any atom is 0.349 e. The van der Waals surface area contributed by atoms with Gasteiger partial charge in [-0.1, -0.05) is 19.1 Å². The third-order valence-electron chi connectivity index (χ3n) is 1.86. The van der Waals surface area contributed by atoms with Crippen molar-refractivity contribution in [2.45, 2.75) is 20.3 Å². The number of esters is 3. The predicted octanol–water partition coefficient (Wildman–Crippen LogP) is 1.71. The third-order valence-corrected chi connectivity index (χ3v) is 1.86. The van der Waals surface area contributed by atoms with Crippen molar-refractivity contribution in [2.75, 3.05) is 0 Å². The van der Waals surface area contributed by atoms with Crippen LogP contribution < -0.4 is 4.74 Å². The summed E-state index contributed by atoms with van der Waals surface area (Å²) in [5.74, 6) is -1.93. The van der Waals surface area contributed by atoms with Gasteiger partial charge in [-0.05, 0) is 12.1 Å². The molecule has 5 nitrogen and oxygen atoms in total. The van der Waals surface area contributed by atoms with Gasteiger partial charge >= 0.3 is 17.9 Å². The number of carbonyl (C=O) groups excluding carboxylic acids is 3. The summed E-state index contributed by atoms with van der Waals surface area (Å²) in [5.41, 5.74) is 0.0458. The molecule has 0 spiro atoms. The lowest BCUT2D eigenvalue weighted by Crippen LogP contribution is -2.14. The van der Waals surface area contributed by atoms with Crippen molar-refractivity contribution >= 4 is 17.9 Å². The van der Waals surface area contributed by atoms with Gasteiger partial charge in [0.1, 0.15) is 11.3 Å². The van der Waals surface area contributed by atoms with E-state index in [9.17, 15) is 14.4 Å². The van der Waals surface area contributed by atoms with Crippen LogP contribution in [0.25, 0.3) is 0 Å². The monoisotopic (exact) mass is 236 g/mol. The molecule has 5 heteroatoms. The zero-order valence-corrected chi connectivity index (χ0v) is 9.56. The van der Waals surface area contributed by atoms with Crippen molar-refractivity contribution in [1.82, 2.24) is 0 Å². The Morgan fingerprint density at radius 3 is 2.41 bits per heavy atom. The number of hydrogen-bond acceptors (Lipinski definition) is 5. The maximum absolute atomic E-state index is 11.6. The molecular formula is C12H12O5. The molecule has 0 aliphatic rings.